The van der Waals surface area contributed by atoms with Gasteiger partial charge in [-0.2, -0.15) is 9.97 Å². The van der Waals surface area contributed by atoms with E-state index in [-0.39, 0.29) is 37.2 Å². The Bertz CT molecular complexity index is 352. The summed E-state index contributed by atoms with van der Waals surface area (Å²) in [7, 11) is 0. The molecule has 0 aromatic carbocycles. The highest BCUT2D eigenvalue weighted by atomic mass is 35.5. The van der Waals surface area contributed by atoms with Crippen LogP contribution in [0.15, 0.2) is 6.07 Å². The third kappa shape index (κ3) is 7.57. The van der Waals surface area contributed by atoms with Crippen LogP contribution in [0, 0.1) is 13.8 Å². The molecule has 5 N–H and O–H groups in total. The van der Waals surface area contributed by atoms with Crippen molar-refractivity contribution in [3.63, 3.8) is 0 Å². The molecule has 2 rings (SSSR count). The van der Waals surface area contributed by atoms with Crippen molar-refractivity contribution in [2.45, 2.75) is 13.8 Å². The molecule has 1 aliphatic rings. The molecule has 8 heteroatoms. The van der Waals surface area contributed by atoms with Crippen LogP contribution in [0.5, 0.6) is 0 Å². The van der Waals surface area contributed by atoms with Crippen LogP contribution in [0.25, 0.3) is 0 Å². The highest BCUT2D eigenvalue weighted by molar-refractivity contribution is 5.13. The van der Waals surface area contributed by atoms with Gasteiger partial charge in [-0.05, 0) is 19.9 Å². The van der Waals surface area contributed by atoms with E-state index in [1.165, 1.54) is 32.7 Å². The Kier molecular flexibility index (Phi) is 12.7. The molecule has 0 amide bonds. The monoisotopic (exact) mass is 343 g/mol. The molecule has 1 saturated heterocycles. The zero-order valence-corrected chi connectivity index (χ0v) is 14.3. The number of nitrogens with two attached hydrogens (primary N) is 2. The van der Waals surface area contributed by atoms with Crippen molar-refractivity contribution in [2.24, 2.45) is 0 Å². The number of aryl methyl sites for hydroxylation is 2. The van der Waals surface area contributed by atoms with E-state index in [0.29, 0.717) is 0 Å². The van der Waals surface area contributed by atoms with Gasteiger partial charge >= 0.3 is 5.95 Å². The summed E-state index contributed by atoms with van der Waals surface area (Å²) in [4.78, 5) is 10.6. The van der Waals surface area contributed by atoms with Gasteiger partial charge in [0.15, 0.2) is 0 Å². The molecule has 1 aliphatic heterocycles. The third-order valence-electron chi connectivity index (χ3n) is 3.23. The van der Waals surface area contributed by atoms with Crippen molar-refractivity contribution in [3.05, 3.63) is 17.5 Å². The molecular weight excluding hydrogens is 321 g/mol. The Morgan fingerprint density at radius 2 is 1.65 bits per heavy atom. The van der Waals surface area contributed by atoms with E-state index in [0.717, 1.165) is 23.9 Å². The van der Waals surface area contributed by atoms with Gasteiger partial charge in [0.1, 0.15) is 39.3 Å². The van der Waals surface area contributed by atoms with Crippen molar-refractivity contribution in [1.82, 2.24) is 9.97 Å². The second kappa shape index (κ2) is 11.5. The molecule has 1 aromatic heterocycles. The number of quaternary nitrogens is 3. The van der Waals surface area contributed by atoms with Crippen molar-refractivity contribution >= 4 is 5.95 Å². The molecule has 0 saturated carbocycles. The highest BCUT2D eigenvalue weighted by Crippen LogP contribution is 1.97. The predicted molar refractivity (Wildman–Crippen MR) is 65.2 cm³/mol. The van der Waals surface area contributed by atoms with Crippen molar-refractivity contribution in [1.29, 1.82) is 0 Å². The number of piperazine rings is 1. The van der Waals surface area contributed by atoms with E-state index >= 15 is 0 Å². The minimum Gasteiger partial charge on any atom is -1.00 e. The zero-order valence-electron chi connectivity index (χ0n) is 12.0. The summed E-state index contributed by atoms with van der Waals surface area (Å²) in [6, 6.07) is 2.02. The Hall–Kier alpha value is -0.170. The summed E-state index contributed by atoms with van der Waals surface area (Å²) in [5.41, 5.74) is 2.12. The fourth-order valence-corrected chi connectivity index (χ4v) is 2.38. The molecule has 0 spiro atoms. The molecule has 0 aliphatic carbocycles. The normalized spacial score (nSPS) is 14.7. The first-order chi connectivity index (χ1) is 8.24. The smallest absolute Gasteiger partial charge is 0.326 e. The standard InChI is InChI=1S/C12H21N5.3ClH/c1-10-9-11(2)16-12(15-10)14-5-8-17-6-3-13-4-7-17;;;/h9,13H,3-8H2,1-2H3,(H,14,15,16);3*1H. The minimum atomic E-state index is 0. The average molecular weight is 345 g/mol. The molecule has 0 radical (unpaired) electrons. The van der Waals surface area contributed by atoms with Crippen LogP contribution in [0.2, 0.25) is 0 Å². The fraction of sp³-hybridized carbons (Fsp3) is 0.667. The van der Waals surface area contributed by atoms with Gasteiger partial charge in [-0.1, -0.05) is 0 Å². The predicted octanol–water partition coefficient (Wildman–Crippen LogP) is -12.2. The summed E-state index contributed by atoms with van der Waals surface area (Å²) in [5.74, 6) is 0.894. The number of aromatic nitrogens is 2. The van der Waals surface area contributed by atoms with E-state index < -0.39 is 0 Å². The lowest BCUT2D eigenvalue weighted by Gasteiger charge is -2.21. The fourth-order valence-electron chi connectivity index (χ4n) is 2.38. The summed E-state index contributed by atoms with van der Waals surface area (Å²) in [5, 5.41) is 4.57. The lowest BCUT2D eigenvalue weighted by Crippen LogP contribution is -3.21. The second-order valence-electron chi connectivity index (χ2n) is 4.87. The number of nitrogens with one attached hydrogen (secondary N) is 1. The largest absolute Gasteiger partial charge is 1.00 e. The summed E-state index contributed by atoms with van der Waals surface area (Å²) in [6.45, 7) is 11.5. The first-order valence-electron chi connectivity index (χ1n) is 6.55. The first kappa shape index (κ1) is 22.1. The highest BCUT2D eigenvalue weighted by Gasteiger charge is 2.15. The molecule has 20 heavy (non-hydrogen) atoms. The topological polar surface area (TPSA) is 63.4 Å². The van der Waals surface area contributed by atoms with Crippen LogP contribution in [-0.2, 0) is 0 Å². The van der Waals surface area contributed by atoms with Crippen LogP contribution in [0.3, 0.4) is 0 Å². The molecule has 0 unspecified atom stereocenters. The van der Waals surface area contributed by atoms with E-state index in [2.05, 4.69) is 20.6 Å². The van der Waals surface area contributed by atoms with Gasteiger partial charge in [-0.15, -0.1) is 0 Å². The molecule has 0 bridgehead atoms. The molecule has 1 fully saturated rings. The maximum atomic E-state index is 4.43. The molecule has 0 atom stereocenters. The van der Waals surface area contributed by atoms with Gasteiger partial charge in [-0.3, -0.25) is 5.32 Å². The lowest BCUT2D eigenvalue weighted by molar-refractivity contribution is -0.953. The first-order valence-corrected chi connectivity index (χ1v) is 6.55. The van der Waals surface area contributed by atoms with E-state index in [1.807, 2.05) is 19.9 Å². The van der Waals surface area contributed by atoms with E-state index in [4.69, 9.17) is 0 Å². The van der Waals surface area contributed by atoms with Crippen LogP contribution < -0.4 is 52.8 Å². The molecule has 2 heterocycles. The minimum absolute atomic E-state index is 0. The van der Waals surface area contributed by atoms with Crippen molar-refractivity contribution < 1.29 is 52.8 Å². The summed E-state index contributed by atoms with van der Waals surface area (Å²) >= 11 is 0. The van der Waals surface area contributed by atoms with Crippen LogP contribution in [0.1, 0.15) is 11.4 Å². The second-order valence-corrected chi connectivity index (χ2v) is 4.87. The Morgan fingerprint density at radius 1 is 1.10 bits per heavy atom. The van der Waals surface area contributed by atoms with E-state index in [1.54, 1.807) is 4.90 Å². The molecule has 1 aromatic rings. The Labute approximate surface area is 139 Å². The molecule has 5 nitrogen and oxygen atoms in total. The zero-order chi connectivity index (χ0) is 12.1. The van der Waals surface area contributed by atoms with Gasteiger partial charge in [0, 0.05) is 11.4 Å². The van der Waals surface area contributed by atoms with Crippen LogP contribution >= 0.6 is 0 Å². The number of hydrogen-bond acceptors (Lipinski definition) is 2. The SMILES string of the molecule is Cc1cc(C)nc([NH2+]CC[NH+]2CC[NH2+]CC2)n1.[Cl-].[Cl-].[Cl-]. The number of nitrogens with zero attached hydrogens (tertiary/aromatic N) is 2. The molecule has 118 valence electrons. The number of halogens is 3. The maximum absolute atomic E-state index is 4.43. The Morgan fingerprint density at radius 3 is 2.20 bits per heavy atom. The van der Waals surface area contributed by atoms with Crippen LogP contribution in [0.4, 0.5) is 5.95 Å². The van der Waals surface area contributed by atoms with Gasteiger partial charge < -0.3 is 47.4 Å². The van der Waals surface area contributed by atoms with Gasteiger partial charge in [0.05, 0.1) is 0 Å². The van der Waals surface area contributed by atoms with Crippen molar-refractivity contribution in [2.75, 3.05) is 39.3 Å². The number of rotatable bonds is 4. The Balaban J connectivity index is 0. The molecular formula is C12H24Cl3N5. The summed E-state index contributed by atoms with van der Waals surface area (Å²) in [6.07, 6.45) is 0. The average Bonchev–Trinajstić information content (AvgIpc) is 2.29. The van der Waals surface area contributed by atoms with E-state index in [9.17, 15) is 0 Å². The van der Waals surface area contributed by atoms with Crippen molar-refractivity contribution in [3.8, 4) is 0 Å². The number of hydrogen-bond donors (Lipinski definition) is 3. The maximum Gasteiger partial charge on any atom is 0.326 e. The lowest BCUT2D eigenvalue weighted by atomic mass is 10.3. The van der Waals surface area contributed by atoms with Crippen LogP contribution in [-0.4, -0.2) is 49.2 Å². The van der Waals surface area contributed by atoms with Gasteiger partial charge in [-0.25, -0.2) is 0 Å². The van der Waals surface area contributed by atoms with Gasteiger partial charge in [0.25, 0.3) is 0 Å². The third-order valence-corrected chi connectivity index (χ3v) is 3.23. The quantitative estimate of drug-likeness (QED) is 0.508. The van der Waals surface area contributed by atoms with Gasteiger partial charge in [0.2, 0.25) is 0 Å². The summed E-state index contributed by atoms with van der Waals surface area (Å²) < 4.78 is 0.